The van der Waals surface area contributed by atoms with Crippen molar-refractivity contribution < 1.29 is 18.7 Å². The van der Waals surface area contributed by atoms with Crippen LogP contribution < -0.4 is 9.47 Å². The van der Waals surface area contributed by atoms with Gasteiger partial charge in [-0.05, 0) is 54.7 Å². The van der Waals surface area contributed by atoms with E-state index in [0.29, 0.717) is 36.1 Å². The molecule has 0 atom stereocenters. The molecule has 4 rings (SSSR count). The molecule has 1 amide bonds. The molecule has 2 heterocycles. The number of carbonyl (C=O) groups excluding carboxylic acids is 1. The first-order valence-electron chi connectivity index (χ1n) is 9.38. The van der Waals surface area contributed by atoms with Crippen LogP contribution in [0.2, 0.25) is 0 Å². The number of amides is 1. The smallest absolute Gasteiger partial charge is 0.254 e. The number of aromatic nitrogens is 1. The van der Waals surface area contributed by atoms with Crippen molar-refractivity contribution in [3.8, 4) is 11.5 Å². The van der Waals surface area contributed by atoms with Crippen molar-refractivity contribution in [3.05, 3.63) is 59.5 Å². The van der Waals surface area contributed by atoms with E-state index in [1.807, 2.05) is 17.2 Å². The number of nitrogens with one attached hydrogen (secondary N) is 1. The number of benzene rings is 2. The van der Waals surface area contributed by atoms with Gasteiger partial charge in [0.2, 0.25) is 0 Å². The van der Waals surface area contributed by atoms with Gasteiger partial charge in [0.15, 0.2) is 0 Å². The Labute approximate surface area is 163 Å². The molecule has 3 aromatic rings. The molecule has 1 aliphatic heterocycles. The highest BCUT2D eigenvalue weighted by molar-refractivity contribution is 5.95. The molecular weight excluding hydrogens is 359 g/mol. The minimum Gasteiger partial charge on any atom is -0.497 e. The van der Waals surface area contributed by atoms with Crippen LogP contribution in [0.15, 0.2) is 42.6 Å². The number of fused-ring (bicyclic) bond motifs is 1. The number of carbonyl (C=O) groups is 1. The molecule has 146 valence electrons. The lowest BCUT2D eigenvalue weighted by atomic mass is 9.89. The van der Waals surface area contributed by atoms with Gasteiger partial charge in [-0.1, -0.05) is 0 Å². The minimum absolute atomic E-state index is 0.0170. The summed E-state index contributed by atoms with van der Waals surface area (Å²) in [5.41, 5.74) is 2.58. The van der Waals surface area contributed by atoms with Crippen molar-refractivity contribution in [2.75, 3.05) is 27.3 Å². The predicted molar refractivity (Wildman–Crippen MR) is 106 cm³/mol. The molecule has 0 saturated carbocycles. The number of rotatable bonds is 4. The van der Waals surface area contributed by atoms with Gasteiger partial charge in [0, 0.05) is 41.8 Å². The number of hydrogen-bond acceptors (Lipinski definition) is 3. The number of piperidine rings is 1. The molecule has 1 aromatic heterocycles. The maximum Gasteiger partial charge on any atom is 0.254 e. The van der Waals surface area contributed by atoms with Crippen LogP contribution in [-0.2, 0) is 0 Å². The van der Waals surface area contributed by atoms with E-state index < -0.39 is 0 Å². The molecule has 5 nitrogen and oxygen atoms in total. The van der Waals surface area contributed by atoms with Gasteiger partial charge in [0.1, 0.15) is 17.3 Å². The maximum absolute atomic E-state index is 13.4. The Hall–Kier alpha value is -3.02. The van der Waals surface area contributed by atoms with Crippen molar-refractivity contribution in [2.45, 2.75) is 18.8 Å². The number of aromatic amines is 1. The molecule has 1 saturated heterocycles. The third-order valence-electron chi connectivity index (χ3n) is 5.50. The summed E-state index contributed by atoms with van der Waals surface area (Å²) in [7, 11) is 3.14. The quantitative estimate of drug-likeness (QED) is 0.730. The lowest BCUT2D eigenvalue weighted by molar-refractivity contribution is 0.0712. The van der Waals surface area contributed by atoms with Gasteiger partial charge in [-0.3, -0.25) is 4.79 Å². The van der Waals surface area contributed by atoms with Gasteiger partial charge >= 0.3 is 0 Å². The van der Waals surface area contributed by atoms with Gasteiger partial charge in [0.25, 0.3) is 5.91 Å². The first-order chi connectivity index (χ1) is 13.6. The molecule has 2 aromatic carbocycles. The summed E-state index contributed by atoms with van der Waals surface area (Å²) >= 11 is 0. The number of methoxy groups -OCH3 is 2. The monoisotopic (exact) mass is 382 g/mol. The molecule has 28 heavy (non-hydrogen) atoms. The Morgan fingerprint density at radius 2 is 1.75 bits per heavy atom. The molecular formula is C22H23FN2O3. The second kappa shape index (κ2) is 7.54. The molecule has 1 N–H and O–H groups in total. The summed E-state index contributed by atoms with van der Waals surface area (Å²) in [5.74, 6) is 1.29. The second-order valence-corrected chi connectivity index (χ2v) is 7.10. The van der Waals surface area contributed by atoms with Gasteiger partial charge in [-0.15, -0.1) is 0 Å². The molecule has 0 radical (unpaired) electrons. The average Bonchev–Trinajstić information content (AvgIpc) is 3.15. The number of hydrogen-bond donors (Lipinski definition) is 1. The Morgan fingerprint density at radius 3 is 2.39 bits per heavy atom. The molecule has 0 bridgehead atoms. The van der Waals surface area contributed by atoms with Crippen LogP contribution in [0, 0.1) is 5.82 Å². The van der Waals surface area contributed by atoms with Gasteiger partial charge in [-0.25, -0.2) is 4.39 Å². The highest BCUT2D eigenvalue weighted by Gasteiger charge is 2.26. The van der Waals surface area contributed by atoms with Crippen molar-refractivity contribution in [1.82, 2.24) is 9.88 Å². The van der Waals surface area contributed by atoms with Crippen LogP contribution in [0.25, 0.3) is 10.9 Å². The van der Waals surface area contributed by atoms with Gasteiger partial charge < -0.3 is 19.4 Å². The zero-order chi connectivity index (χ0) is 19.7. The highest BCUT2D eigenvalue weighted by atomic mass is 19.1. The number of likely N-dealkylation sites (tertiary alicyclic amines) is 1. The molecule has 0 unspecified atom stereocenters. The average molecular weight is 382 g/mol. The van der Waals surface area contributed by atoms with Crippen molar-refractivity contribution in [1.29, 1.82) is 0 Å². The molecule has 0 spiro atoms. The van der Waals surface area contributed by atoms with Crippen molar-refractivity contribution in [2.24, 2.45) is 0 Å². The fraction of sp³-hybridized carbons (Fsp3) is 0.318. The number of H-pyrrole nitrogens is 1. The van der Waals surface area contributed by atoms with E-state index in [9.17, 15) is 9.18 Å². The first-order valence-corrected chi connectivity index (χ1v) is 9.38. The van der Waals surface area contributed by atoms with Gasteiger partial charge in [0.05, 0.1) is 14.2 Å². The van der Waals surface area contributed by atoms with Crippen molar-refractivity contribution in [3.63, 3.8) is 0 Å². The topological polar surface area (TPSA) is 54.6 Å². The van der Waals surface area contributed by atoms with E-state index in [2.05, 4.69) is 4.98 Å². The first kappa shape index (κ1) is 18.3. The third kappa shape index (κ3) is 3.42. The number of halogens is 1. The summed E-state index contributed by atoms with van der Waals surface area (Å²) in [5, 5.41) is 1.06. The van der Waals surface area contributed by atoms with Gasteiger partial charge in [-0.2, -0.15) is 0 Å². The van der Waals surface area contributed by atoms with E-state index >= 15 is 0 Å². The lowest BCUT2D eigenvalue weighted by Crippen LogP contribution is -2.37. The SMILES string of the molecule is COc1cc(OC)cc(C(=O)N2CCC(c3c[nH]c4cc(F)ccc34)CC2)c1. The third-order valence-corrected chi connectivity index (χ3v) is 5.50. The van der Waals surface area contributed by atoms with Crippen LogP contribution in [0.1, 0.15) is 34.7 Å². The molecule has 1 fully saturated rings. The summed E-state index contributed by atoms with van der Waals surface area (Å²) in [6, 6.07) is 10.1. The molecule has 1 aliphatic rings. The summed E-state index contributed by atoms with van der Waals surface area (Å²) in [6.07, 6.45) is 3.72. The van der Waals surface area contributed by atoms with Crippen LogP contribution >= 0.6 is 0 Å². The van der Waals surface area contributed by atoms with Crippen LogP contribution in [-0.4, -0.2) is 43.1 Å². The number of ether oxygens (including phenoxy) is 2. The van der Waals surface area contributed by atoms with E-state index in [4.69, 9.17) is 9.47 Å². The summed E-state index contributed by atoms with van der Waals surface area (Å²) in [6.45, 7) is 1.35. The van der Waals surface area contributed by atoms with E-state index in [1.54, 1.807) is 32.4 Å². The Bertz CT molecular complexity index is 984. The van der Waals surface area contributed by atoms with Crippen LogP contribution in [0.5, 0.6) is 11.5 Å². The fourth-order valence-corrected chi connectivity index (χ4v) is 3.97. The van der Waals surface area contributed by atoms with E-state index in [-0.39, 0.29) is 11.7 Å². The summed E-state index contributed by atoms with van der Waals surface area (Å²) in [4.78, 5) is 18.0. The van der Waals surface area contributed by atoms with E-state index in [1.165, 1.54) is 17.7 Å². The fourth-order valence-electron chi connectivity index (χ4n) is 3.97. The van der Waals surface area contributed by atoms with Crippen molar-refractivity contribution >= 4 is 16.8 Å². The van der Waals surface area contributed by atoms with E-state index in [0.717, 1.165) is 23.7 Å². The standard InChI is InChI=1S/C22H23FN2O3/c1-27-17-9-15(10-18(12-17)28-2)22(26)25-7-5-14(6-8-25)20-13-24-21-11-16(23)3-4-19(20)21/h3-4,9-14,24H,5-8H2,1-2H3. The number of nitrogens with zero attached hydrogens (tertiary/aromatic N) is 1. The Kier molecular flexibility index (Phi) is 4.94. The minimum atomic E-state index is -0.241. The lowest BCUT2D eigenvalue weighted by Gasteiger charge is -2.32. The molecule has 6 heteroatoms. The second-order valence-electron chi connectivity index (χ2n) is 7.10. The maximum atomic E-state index is 13.4. The molecule has 0 aliphatic carbocycles. The Balaban J connectivity index is 1.48. The van der Waals surface area contributed by atoms with Crippen LogP contribution in [0.4, 0.5) is 4.39 Å². The zero-order valence-electron chi connectivity index (χ0n) is 16.0. The predicted octanol–water partition coefficient (Wildman–Crippen LogP) is 4.34. The Morgan fingerprint density at radius 1 is 1.07 bits per heavy atom. The normalized spacial score (nSPS) is 15.0. The van der Waals surface area contributed by atoms with Crippen LogP contribution in [0.3, 0.4) is 0 Å². The highest BCUT2D eigenvalue weighted by Crippen LogP contribution is 2.34. The largest absolute Gasteiger partial charge is 0.497 e. The zero-order valence-corrected chi connectivity index (χ0v) is 16.0. The summed E-state index contributed by atoms with van der Waals surface area (Å²) < 4.78 is 24.0.